The van der Waals surface area contributed by atoms with Crippen LogP contribution in [0.2, 0.25) is 5.02 Å². The molecule has 1 atom stereocenters. The lowest BCUT2D eigenvalue weighted by Gasteiger charge is -2.36. The van der Waals surface area contributed by atoms with Gasteiger partial charge in [0.25, 0.3) is 0 Å². The first-order chi connectivity index (χ1) is 15.1. The van der Waals surface area contributed by atoms with Crippen molar-refractivity contribution in [2.24, 2.45) is 4.99 Å². The van der Waals surface area contributed by atoms with E-state index in [9.17, 15) is 4.79 Å². The molecule has 0 saturated carbocycles. The summed E-state index contributed by atoms with van der Waals surface area (Å²) in [6.07, 6.45) is 1.13. The van der Waals surface area contributed by atoms with E-state index >= 15 is 0 Å². The smallest absolute Gasteiger partial charge is 0.242 e. The number of guanidine groups is 1. The topological polar surface area (TPSA) is 63.7 Å². The van der Waals surface area contributed by atoms with Crippen molar-refractivity contribution in [3.63, 3.8) is 0 Å². The van der Waals surface area contributed by atoms with Gasteiger partial charge in [-0.05, 0) is 30.7 Å². The van der Waals surface area contributed by atoms with Crippen LogP contribution >= 0.6 is 35.6 Å². The van der Waals surface area contributed by atoms with Crippen LogP contribution in [0.1, 0.15) is 6.42 Å². The number of carbonyl (C=O) groups is 1. The first-order valence-electron chi connectivity index (χ1n) is 11.2. The van der Waals surface area contributed by atoms with Crippen LogP contribution in [0.4, 0.5) is 5.69 Å². The summed E-state index contributed by atoms with van der Waals surface area (Å²) in [4.78, 5) is 26.2. The van der Waals surface area contributed by atoms with Gasteiger partial charge in [-0.3, -0.25) is 14.7 Å². The quantitative estimate of drug-likeness (QED) is 0.334. The zero-order valence-corrected chi connectivity index (χ0v) is 21.8. The molecule has 32 heavy (non-hydrogen) atoms. The highest BCUT2D eigenvalue weighted by atomic mass is 127. The molecule has 3 aliphatic rings. The molecule has 1 amide bonds. The number of likely N-dealkylation sites (tertiary alicyclic amines) is 1. The Kier molecular flexibility index (Phi) is 9.69. The number of hydrogen-bond donors (Lipinski definition) is 1. The van der Waals surface area contributed by atoms with Gasteiger partial charge in [0.1, 0.15) is 0 Å². The summed E-state index contributed by atoms with van der Waals surface area (Å²) in [6, 6.07) is 8.42. The maximum absolute atomic E-state index is 12.8. The molecule has 10 heteroatoms. The van der Waals surface area contributed by atoms with Crippen LogP contribution in [0.25, 0.3) is 0 Å². The molecule has 3 heterocycles. The number of ether oxygens (including phenoxy) is 1. The molecule has 8 nitrogen and oxygen atoms in total. The van der Waals surface area contributed by atoms with E-state index in [1.54, 1.807) is 7.05 Å². The third kappa shape index (κ3) is 6.39. The molecule has 0 bridgehead atoms. The number of piperazine rings is 1. The van der Waals surface area contributed by atoms with Crippen molar-refractivity contribution < 1.29 is 9.53 Å². The van der Waals surface area contributed by atoms with Crippen molar-refractivity contribution in [2.75, 3.05) is 84.1 Å². The monoisotopic (exact) mass is 576 g/mol. The normalized spacial score (nSPS) is 22.6. The number of anilines is 1. The Bertz CT molecular complexity index is 766. The molecule has 1 aromatic rings. The maximum Gasteiger partial charge on any atom is 0.242 e. The van der Waals surface area contributed by atoms with Gasteiger partial charge in [-0.1, -0.05) is 11.6 Å². The zero-order chi connectivity index (χ0) is 21.6. The van der Waals surface area contributed by atoms with Gasteiger partial charge in [-0.25, -0.2) is 0 Å². The third-order valence-electron chi connectivity index (χ3n) is 6.46. The summed E-state index contributed by atoms with van der Waals surface area (Å²) in [5, 5.41) is 4.04. The van der Waals surface area contributed by atoms with Gasteiger partial charge in [-0.15, -0.1) is 24.0 Å². The molecule has 0 spiro atoms. The number of nitrogens with zero attached hydrogens (tertiary/aromatic N) is 5. The Morgan fingerprint density at radius 2 is 1.75 bits per heavy atom. The zero-order valence-electron chi connectivity index (χ0n) is 18.7. The minimum Gasteiger partial charge on any atom is -0.379 e. The van der Waals surface area contributed by atoms with Crippen LogP contribution in [0.3, 0.4) is 0 Å². The molecular formula is C22H34ClIN6O2. The maximum atomic E-state index is 12.8. The van der Waals surface area contributed by atoms with E-state index in [4.69, 9.17) is 16.3 Å². The predicted molar refractivity (Wildman–Crippen MR) is 139 cm³/mol. The molecule has 0 aromatic heterocycles. The third-order valence-corrected chi connectivity index (χ3v) is 6.71. The molecule has 178 valence electrons. The van der Waals surface area contributed by atoms with Crippen molar-refractivity contribution in [1.82, 2.24) is 20.0 Å². The molecule has 3 fully saturated rings. The minimum atomic E-state index is 0. The van der Waals surface area contributed by atoms with Crippen molar-refractivity contribution in [2.45, 2.75) is 12.5 Å². The summed E-state index contributed by atoms with van der Waals surface area (Å²) in [6.45, 7) is 8.97. The van der Waals surface area contributed by atoms with E-state index in [1.165, 1.54) is 0 Å². The van der Waals surface area contributed by atoms with Gasteiger partial charge in [0, 0.05) is 76.2 Å². The number of amides is 1. The first kappa shape index (κ1) is 25.3. The highest BCUT2D eigenvalue weighted by Crippen LogP contribution is 2.20. The molecule has 1 N–H and O–H groups in total. The standard InChI is InChI=1S/C22H33ClN6O2.HI/c1-24-22(29-7-6-20(17-29)27-12-14-31-15-13-27)25-16-21(30)28-10-8-26(9-11-28)19-4-2-18(23)3-5-19;/h2-5,20H,6-17H2,1H3,(H,24,25);1H. The van der Waals surface area contributed by atoms with Gasteiger partial charge in [-0.2, -0.15) is 0 Å². The molecule has 3 aliphatic heterocycles. The van der Waals surface area contributed by atoms with Crippen molar-refractivity contribution in [1.29, 1.82) is 0 Å². The van der Waals surface area contributed by atoms with E-state index in [1.807, 2.05) is 29.2 Å². The SMILES string of the molecule is CN=C(NCC(=O)N1CCN(c2ccc(Cl)cc2)CC1)N1CCC(N2CCOCC2)C1.I. The lowest BCUT2D eigenvalue weighted by Crippen LogP contribution is -2.52. The van der Waals surface area contributed by atoms with Crippen molar-refractivity contribution in [3.05, 3.63) is 29.3 Å². The number of halogens is 2. The number of nitrogens with one attached hydrogen (secondary N) is 1. The number of hydrogen-bond acceptors (Lipinski definition) is 5. The number of morpholine rings is 1. The van der Waals surface area contributed by atoms with Gasteiger partial charge in [0.2, 0.25) is 5.91 Å². The van der Waals surface area contributed by atoms with Crippen LogP contribution in [0.15, 0.2) is 29.3 Å². The Morgan fingerprint density at radius 3 is 2.41 bits per heavy atom. The average Bonchev–Trinajstić information content (AvgIpc) is 3.31. The molecule has 3 saturated heterocycles. The fourth-order valence-electron chi connectivity index (χ4n) is 4.64. The molecule has 1 unspecified atom stereocenters. The lowest BCUT2D eigenvalue weighted by atomic mass is 10.2. The number of carbonyl (C=O) groups excluding carboxylic acids is 1. The van der Waals surface area contributed by atoms with Gasteiger partial charge in [0.05, 0.1) is 19.8 Å². The van der Waals surface area contributed by atoms with Crippen molar-refractivity contribution in [3.8, 4) is 0 Å². The average molecular weight is 577 g/mol. The molecule has 0 aliphatic carbocycles. The van der Waals surface area contributed by atoms with Gasteiger partial charge in [0.15, 0.2) is 5.96 Å². The van der Waals surface area contributed by atoms with Gasteiger partial charge < -0.3 is 24.8 Å². The van der Waals surface area contributed by atoms with Crippen LogP contribution in [-0.2, 0) is 9.53 Å². The van der Waals surface area contributed by atoms with E-state index in [0.717, 1.165) is 88.7 Å². The summed E-state index contributed by atoms with van der Waals surface area (Å²) >= 11 is 5.98. The number of benzene rings is 1. The summed E-state index contributed by atoms with van der Waals surface area (Å²) in [5.74, 6) is 0.949. The second-order valence-corrected chi connectivity index (χ2v) is 8.72. The lowest BCUT2D eigenvalue weighted by molar-refractivity contribution is -0.130. The summed E-state index contributed by atoms with van der Waals surface area (Å²) in [5.41, 5.74) is 1.15. The fourth-order valence-corrected chi connectivity index (χ4v) is 4.77. The van der Waals surface area contributed by atoms with E-state index < -0.39 is 0 Å². The summed E-state index contributed by atoms with van der Waals surface area (Å²) in [7, 11) is 1.79. The number of aliphatic imine (C=N–C) groups is 1. The highest BCUT2D eigenvalue weighted by Gasteiger charge is 2.30. The fraction of sp³-hybridized carbons (Fsp3) is 0.636. The summed E-state index contributed by atoms with van der Waals surface area (Å²) < 4.78 is 5.47. The van der Waals surface area contributed by atoms with Crippen LogP contribution in [-0.4, -0.2) is 112 Å². The van der Waals surface area contributed by atoms with E-state index in [0.29, 0.717) is 6.04 Å². The van der Waals surface area contributed by atoms with Crippen molar-refractivity contribution >= 4 is 53.1 Å². The predicted octanol–water partition coefficient (Wildman–Crippen LogP) is 1.59. The Hall–Kier alpha value is -1.30. The van der Waals surface area contributed by atoms with Crippen LogP contribution in [0, 0.1) is 0 Å². The van der Waals surface area contributed by atoms with E-state index in [-0.39, 0.29) is 36.4 Å². The van der Waals surface area contributed by atoms with Gasteiger partial charge >= 0.3 is 0 Å². The largest absolute Gasteiger partial charge is 0.379 e. The molecule has 1 aromatic carbocycles. The second kappa shape index (κ2) is 12.2. The van der Waals surface area contributed by atoms with Crippen LogP contribution < -0.4 is 10.2 Å². The van der Waals surface area contributed by atoms with E-state index in [2.05, 4.69) is 25.0 Å². The Balaban J connectivity index is 0.00000289. The molecular weight excluding hydrogens is 543 g/mol. The number of rotatable bonds is 4. The molecule has 4 rings (SSSR count). The minimum absolute atomic E-state index is 0. The first-order valence-corrected chi connectivity index (χ1v) is 11.6. The Labute approximate surface area is 212 Å². The highest BCUT2D eigenvalue weighted by molar-refractivity contribution is 14.0. The molecule has 0 radical (unpaired) electrons. The second-order valence-electron chi connectivity index (χ2n) is 8.28. The Morgan fingerprint density at radius 1 is 1.06 bits per heavy atom. The van der Waals surface area contributed by atoms with Crippen LogP contribution in [0.5, 0.6) is 0 Å².